The number of hydrogen-bond acceptors (Lipinski definition) is 2. The van der Waals surface area contributed by atoms with Crippen LogP contribution in [0.25, 0.3) is 11.1 Å². The van der Waals surface area contributed by atoms with Crippen LogP contribution in [0, 0.1) is 11.8 Å². The van der Waals surface area contributed by atoms with Crippen molar-refractivity contribution in [2.75, 3.05) is 13.2 Å². The molecule has 0 aliphatic heterocycles. The van der Waals surface area contributed by atoms with Gasteiger partial charge >= 0.3 is 0 Å². The summed E-state index contributed by atoms with van der Waals surface area (Å²) in [7, 11) is -1.45. The molecule has 0 saturated heterocycles. The Bertz CT molecular complexity index is 869. The third-order valence-corrected chi connectivity index (χ3v) is 8.68. The molecule has 1 aliphatic carbocycles. The van der Waals surface area contributed by atoms with Gasteiger partial charge in [-0.05, 0) is 76.6 Å². The van der Waals surface area contributed by atoms with E-state index >= 15 is 0 Å². The Morgan fingerprint density at radius 3 is 1.42 bits per heavy atom. The molecule has 0 fully saturated rings. The van der Waals surface area contributed by atoms with E-state index in [0.29, 0.717) is 11.8 Å². The molecule has 2 aromatic carbocycles. The number of fused-ring (bicyclic) bond motifs is 3. The van der Waals surface area contributed by atoms with Gasteiger partial charge in [-0.3, -0.25) is 0 Å². The van der Waals surface area contributed by atoms with Gasteiger partial charge in [-0.15, -0.1) is 26.3 Å². The van der Waals surface area contributed by atoms with Crippen LogP contribution in [0.4, 0.5) is 0 Å². The van der Waals surface area contributed by atoms with Crippen molar-refractivity contribution in [3.8, 4) is 11.1 Å². The summed E-state index contributed by atoms with van der Waals surface area (Å²) in [4.78, 5) is 0. The first-order chi connectivity index (χ1) is 16.2. The van der Waals surface area contributed by atoms with E-state index in [-0.39, 0.29) is 0 Å². The van der Waals surface area contributed by atoms with Crippen molar-refractivity contribution < 1.29 is 8.85 Å². The molecular weight excluding hydrogens is 436 g/mol. The minimum Gasteiger partial charge on any atom is -0.418 e. The lowest BCUT2D eigenvalue weighted by molar-refractivity contribution is 0.266. The zero-order valence-electron chi connectivity index (χ0n) is 19.9. The normalized spacial score (nSPS) is 12.7. The lowest BCUT2D eigenvalue weighted by Gasteiger charge is -2.14. The minimum absolute atomic E-state index is 0.500. The molecule has 2 nitrogen and oxygen atoms in total. The first kappa shape index (κ1) is 25.4. The maximum absolute atomic E-state index is 6.16. The third kappa shape index (κ3) is 7.37. The van der Waals surface area contributed by atoms with Crippen molar-refractivity contribution in [3.63, 3.8) is 0 Å². The van der Waals surface area contributed by atoms with Gasteiger partial charge in [0.25, 0.3) is 0 Å². The highest BCUT2D eigenvalue weighted by Crippen LogP contribution is 2.35. The standard InChI is InChI=1S/C29H38O2Si2/c1-5-9-22(10-6-2)20-30-32-26-13-15-28-24(18-26)17-25-19-27(14-16-29(25)28)33-31-21-23(11-7-3)12-8-4/h5-8,13-16,18-19,22-23H,1-4,9-12,17,20-21,32-33H2. The molecule has 0 heterocycles. The molecule has 1 aliphatic rings. The second-order valence-corrected chi connectivity index (χ2v) is 12.0. The summed E-state index contributed by atoms with van der Waals surface area (Å²) in [6, 6.07) is 13.9. The van der Waals surface area contributed by atoms with Gasteiger partial charge in [-0.25, -0.2) is 0 Å². The van der Waals surface area contributed by atoms with Gasteiger partial charge in [0.05, 0.1) is 0 Å². The maximum Gasteiger partial charge on any atom is 0.192 e. The van der Waals surface area contributed by atoms with E-state index in [2.05, 4.69) is 62.7 Å². The quantitative estimate of drug-likeness (QED) is 0.228. The highest BCUT2D eigenvalue weighted by Gasteiger charge is 2.19. The van der Waals surface area contributed by atoms with Crippen molar-refractivity contribution in [3.05, 3.63) is 98.1 Å². The van der Waals surface area contributed by atoms with Crippen molar-refractivity contribution in [1.29, 1.82) is 0 Å². The lowest BCUT2D eigenvalue weighted by atomic mass is 10.0. The van der Waals surface area contributed by atoms with Gasteiger partial charge in [-0.1, -0.05) is 60.7 Å². The smallest absolute Gasteiger partial charge is 0.192 e. The fourth-order valence-corrected chi connectivity index (χ4v) is 7.05. The summed E-state index contributed by atoms with van der Waals surface area (Å²) in [5.41, 5.74) is 5.63. The van der Waals surface area contributed by atoms with Crippen LogP contribution in [-0.4, -0.2) is 32.7 Å². The molecule has 4 heteroatoms. The van der Waals surface area contributed by atoms with E-state index in [9.17, 15) is 0 Å². The predicted molar refractivity (Wildman–Crippen MR) is 149 cm³/mol. The van der Waals surface area contributed by atoms with Crippen LogP contribution in [0.3, 0.4) is 0 Å². The van der Waals surface area contributed by atoms with E-state index in [1.807, 2.05) is 24.3 Å². The van der Waals surface area contributed by atoms with Crippen molar-refractivity contribution >= 4 is 29.9 Å². The molecule has 174 valence electrons. The largest absolute Gasteiger partial charge is 0.418 e. The summed E-state index contributed by atoms with van der Waals surface area (Å²) in [6.07, 6.45) is 12.9. The zero-order valence-corrected chi connectivity index (χ0v) is 22.8. The first-order valence-electron chi connectivity index (χ1n) is 12.0. The van der Waals surface area contributed by atoms with Gasteiger partial charge in [0, 0.05) is 13.2 Å². The average molecular weight is 475 g/mol. The van der Waals surface area contributed by atoms with Gasteiger partial charge < -0.3 is 8.85 Å². The summed E-state index contributed by atoms with van der Waals surface area (Å²) in [5.74, 6) is 1.000. The van der Waals surface area contributed by atoms with E-state index < -0.39 is 19.5 Å². The maximum atomic E-state index is 6.16. The van der Waals surface area contributed by atoms with Gasteiger partial charge in [0.1, 0.15) is 0 Å². The monoisotopic (exact) mass is 474 g/mol. The summed E-state index contributed by atoms with van der Waals surface area (Å²) in [6.45, 7) is 17.1. The van der Waals surface area contributed by atoms with Gasteiger partial charge in [0.15, 0.2) is 19.5 Å². The molecule has 0 radical (unpaired) electrons. The van der Waals surface area contributed by atoms with E-state index in [0.717, 1.165) is 45.3 Å². The zero-order chi connectivity index (χ0) is 23.5. The Morgan fingerprint density at radius 1 is 0.667 bits per heavy atom. The molecule has 0 unspecified atom stereocenters. The van der Waals surface area contributed by atoms with Crippen LogP contribution in [0.15, 0.2) is 87.0 Å². The van der Waals surface area contributed by atoms with Gasteiger partial charge in [-0.2, -0.15) is 0 Å². The van der Waals surface area contributed by atoms with Crippen molar-refractivity contribution in [2.24, 2.45) is 11.8 Å². The number of rotatable bonds is 16. The van der Waals surface area contributed by atoms with Crippen LogP contribution in [0.2, 0.25) is 0 Å². The Labute approximate surface area is 205 Å². The third-order valence-electron chi connectivity index (χ3n) is 6.25. The second kappa shape index (κ2) is 13.5. The second-order valence-electron chi connectivity index (χ2n) is 9.02. The predicted octanol–water partition coefficient (Wildman–Crippen LogP) is 4.25. The first-order valence-corrected chi connectivity index (χ1v) is 14.6. The number of hydrogen-bond donors (Lipinski definition) is 0. The summed E-state index contributed by atoms with van der Waals surface area (Å²) >= 11 is 0. The summed E-state index contributed by atoms with van der Waals surface area (Å²) in [5, 5.41) is 2.76. The summed E-state index contributed by atoms with van der Waals surface area (Å²) < 4.78 is 12.3. The Morgan fingerprint density at radius 2 is 1.06 bits per heavy atom. The fourth-order valence-electron chi connectivity index (χ4n) is 4.59. The van der Waals surface area contributed by atoms with Gasteiger partial charge in [0.2, 0.25) is 0 Å². The minimum atomic E-state index is -0.724. The molecular formula is C29H38O2Si2. The van der Waals surface area contributed by atoms with Crippen LogP contribution in [0.5, 0.6) is 0 Å². The Balaban J connectivity index is 1.55. The molecule has 33 heavy (non-hydrogen) atoms. The average Bonchev–Trinajstić information content (AvgIpc) is 3.16. The molecule has 0 spiro atoms. The lowest BCUT2D eigenvalue weighted by Crippen LogP contribution is -2.21. The topological polar surface area (TPSA) is 18.5 Å². The van der Waals surface area contributed by atoms with Crippen molar-refractivity contribution in [2.45, 2.75) is 32.1 Å². The van der Waals surface area contributed by atoms with E-state index in [4.69, 9.17) is 8.85 Å². The van der Waals surface area contributed by atoms with Crippen LogP contribution >= 0.6 is 0 Å². The fraction of sp³-hybridized carbons (Fsp3) is 0.310. The highest BCUT2D eigenvalue weighted by atomic mass is 28.2. The Hall–Kier alpha value is -2.25. The molecule has 2 aromatic rings. The SMILES string of the molecule is C=CCC(CC=C)CO[SiH2]c1ccc2c(c1)Cc1cc([SiH2]OCC(CC=C)CC=C)ccc1-2. The Kier molecular flexibility index (Phi) is 10.3. The number of benzene rings is 2. The molecule has 0 bridgehead atoms. The molecule has 0 amide bonds. The van der Waals surface area contributed by atoms with Crippen LogP contribution in [0.1, 0.15) is 36.8 Å². The number of allylic oxidation sites excluding steroid dienone is 4. The highest BCUT2D eigenvalue weighted by molar-refractivity contribution is 6.47. The van der Waals surface area contributed by atoms with E-state index in [1.54, 1.807) is 0 Å². The van der Waals surface area contributed by atoms with Crippen molar-refractivity contribution in [1.82, 2.24) is 0 Å². The van der Waals surface area contributed by atoms with Crippen LogP contribution in [-0.2, 0) is 15.3 Å². The molecule has 0 aromatic heterocycles. The molecule has 0 atom stereocenters. The molecule has 0 saturated carbocycles. The van der Waals surface area contributed by atoms with E-state index in [1.165, 1.54) is 32.6 Å². The molecule has 3 rings (SSSR count). The van der Waals surface area contributed by atoms with Crippen LogP contribution < -0.4 is 10.4 Å². The molecule has 0 N–H and O–H groups in total.